The average molecular weight is 206 g/mol. The van der Waals surface area contributed by atoms with E-state index in [4.69, 9.17) is 9.47 Å². The average Bonchev–Trinajstić information content (AvgIpc) is 2.68. The van der Waals surface area contributed by atoms with Crippen LogP contribution in [0.3, 0.4) is 0 Å². The van der Waals surface area contributed by atoms with Crippen LogP contribution in [-0.4, -0.2) is 13.2 Å². The van der Waals surface area contributed by atoms with Crippen LogP contribution in [0.2, 0.25) is 0 Å². The lowest BCUT2D eigenvalue weighted by Gasteiger charge is -2.22. The van der Waals surface area contributed by atoms with Crippen molar-refractivity contribution in [1.29, 1.82) is 0 Å². The summed E-state index contributed by atoms with van der Waals surface area (Å²) in [5.74, 6) is -0.523. The standard InChI is InChI=1S/C13H18O2/c1-3-4-11-5-7-12(8-6-11)13(2)14-9-10-15-13/h5-8H,3-4,9-10H2,1-2H3. The smallest absolute Gasteiger partial charge is 0.192 e. The van der Waals surface area contributed by atoms with E-state index in [1.807, 2.05) is 6.92 Å². The lowest BCUT2D eigenvalue weighted by atomic mass is 10.0. The van der Waals surface area contributed by atoms with Gasteiger partial charge in [-0.25, -0.2) is 0 Å². The molecule has 2 heteroatoms. The first-order chi connectivity index (χ1) is 7.24. The molecule has 0 saturated carbocycles. The number of rotatable bonds is 3. The molecule has 2 nitrogen and oxygen atoms in total. The van der Waals surface area contributed by atoms with Crippen LogP contribution >= 0.6 is 0 Å². The fourth-order valence-electron chi connectivity index (χ4n) is 1.94. The number of hydrogen-bond donors (Lipinski definition) is 0. The van der Waals surface area contributed by atoms with Gasteiger partial charge in [0, 0.05) is 5.56 Å². The maximum Gasteiger partial charge on any atom is 0.192 e. The minimum absolute atomic E-state index is 0.523. The Bertz CT molecular complexity index is 310. The van der Waals surface area contributed by atoms with Crippen LogP contribution in [0.25, 0.3) is 0 Å². The van der Waals surface area contributed by atoms with E-state index in [1.54, 1.807) is 0 Å². The van der Waals surface area contributed by atoms with E-state index in [0.29, 0.717) is 13.2 Å². The van der Waals surface area contributed by atoms with E-state index >= 15 is 0 Å². The summed E-state index contributed by atoms with van der Waals surface area (Å²) in [7, 11) is 0. The molecule has 0 aliphatic carbocycles. The molecule has 0 amide bonds. The highest BCUT2D eigenvalue weighted by atomic mass is 16.7. The largest absolute Gasteiger partial charge is 0.344 e. The van der Waals surface area contributed by atoms with Crippen molar-refractivity contribution in [3.63, 3.8) is 0 Å². The molecule has 1 aliphatic heterocycles. The maximum atomic E-state index is 5.60. The molecule has 1 heterocycles. The molecule has 2 rings (SSSR count). The summed E-state index contributed by atoms with van der Waals surface area (Å²) in [6.07, 6.45) is 2.32. The highest BCUT2D eigenvalue weighted by Crippen LogP contribution is 2.30. The molecule has 15 heavy (non-hydrogen) atoms. The summed E-state index contributed by atoms with van der Waals surface area (Å²) < 4.78 is 11.2. The molecular formula is C13H18O2. The molecule has 1 aromatic rings. The van der Waals surface area contributed by atoms with Gasteiger partial charge in [-0.05, 0) is 18.9 Å². The molecule has 0 N–H and O–H groups in total. The Hall–Kier alpha value is -0.860. The first-order valence-electron chi connectivity index (χ1n) is 5.62. The third-order valence-electron chi connectivity index (χ3n) is 2.86. The first kappa shape index (κ1) is 10.7. The molecule has 0 aromatic heterocycles. The number of hydrogen-bond acceptors (Lipinski definition) is 2. The third-order valence-corrected chi connectivity index (χ3v) is 2.86. The van der Waals surface area contributed by atoms with E-state index in [1.165, 1.54) is 12.0 Å². The second-order valence-electron chi connectivity index (χ2n) is 4.09. The van der Waals surface area contributed by atoms with Gasteiger partial charge in [-0.2, -0.15) is 0 Å². The zero-order valence-electron chi connectivity index (χ0n) is 9.45. The fourth-order valence-corrected chi connectivity index (χ4v) is 1.94. The summed E-state index contributed by atoms with van der Waals surface area (Å²) >= 11 is 0. The fraction of sp³-hybridized carbons (Fsp3) is 0.538. The second kappa shape index (κ2) is 4.33. The summed E-state index contributed by atoms with van der Waals surface area (Å²) in [4.78, 5) is 0. The van der Waals surface area contributed by atoms with Crippen molar-refractivity contribution in [3.8, 4) is 0 Å². The minimum atomic E-state index is -0.523. The summed E-state index contributed by atoms with van der Waals surface area (Å²) in [6.45, 7) is 5.55. The number of ether oxygens (including phenoxy) is 2. The van der Waals surface area contributed by atoms with Crippen LogP contribution in [0.4, 0.5) is 0 Å². The summed E-state index contributed by atoms with van der Waals surface area (Å²) in [6, 6.07) is 8.54. The van der Waals surface area contributed by atoms with Crippen molar-refractivity contribution >= 4 is 0 Å². The zero-order chi connectivity index (χ0) is 10.7. The molecule has 1 aliphatic rings. The summed E-state index contributed by atoms with van der Waals surface area (Å²) in [5.41, 5.74) is 2.49. The van der Waals surface area contributed by atoms with E-state index in [9.17, 15) is 0 Å². The van der Waals surface area contributed by atoms with Gasteiger partial charge in [0.25, 0.3) is 0 Å². The minimum Gasteiger partial charge on any atom is -0.344 e. The van der Waals surface area contributed by atoms with Gasteiger partial charge in [-0.1, -0.05) is 37.6 Å². The predicted octanol–water partition coefficient (Wildman–Crippen LogP) is 2.86. The van der Waals surface area contributed by atoms with Gasteiger partial charge in [0.15, 0.2) is 5.79 Å². The molecular weight excluding hydrogens is 188 g/mol. The molecule has 1 saturated heterocycles. The Morgan fingerprint density at radius 1 is 1.13 bits per heavy atom. The first-order valence-corrected chi connectivity index (χ1v) is 5.62. The van der Waals surface area contributed by atoms with Gasteiger partial charge in [-0.3, -0.25) is 0 Å². The molecule has 1 fully saturated rings. The van der Waals surface area contributed by atoms with Crippen LogP contribution < -0.4 is 0 Å². The Morgan fingerprint density at radius 3 is 2.27 bits per heavy atom. The topological polar surface area (TPSA) is 18.5 Å². The maximum absolute atomic E-state index is 5.60. The van der Waals surface area contributed by atoms with E-state index in [-0.39, 0.29) is 0 Å². The van der Waals surface area contributed by atoms with Crippen molar-refractivity contribution in [3.05, 3.63) is 35.4 Å². The van der Waals surface area contributed by atoms with Gasteiger partial charge in [-0.15, -0.1) is 0 Å². The van der Waals surface area contributed by atoms with Crippen LogP contribution in [0.1, 0.15) is 31.4 Å². The Labute approximate surface area is 91.2 Å². The number of benzene rings is 1. The van der Waals surface area contributed by atoms with Gasteiger partial charge < -0.3 is 9.47 Å². The van der Waals surface area contributed by atoms with Crippen LogP contribution in [0.15, 0.2) is 24.3 Å². The van der Waals surface area contributed by atoms with Gasteiger partial charge >= 0.3 is 0 Å². The zero-order valence-corrected chi connectivity index (χ0v) is 9.45. The highest BCUT2D eigenvalue weighted by Gasteiger charge is 2.32. The number of aryl methyl sites for hydroxylation is 1. The van der Waals surface area contributed by atoms with Crippen LogP contribution in [-0.2, 0) is 21.7 Å². The van der Waals surface area contributed by atoms with E-state index in [2.05, 4.69) is 31.2 Å². The lowest BCUT2D eigenvalue weighted by Crippen LogP contribution is -2.22. The normalized spacial score (nSPS) is 19.3. The van der Waals surface area contributed by atoms with Crippen LogP contribution in [0, 0.1) is 0 Å². The molecule has 82 valence electrons. The second-order valence-corrected chi connectivity index (χ2v) is 4.09. The van der Waals surface area contributed by atoms with Crippen molar-refractivity contribution < 1.29 is 9.47 Å². The molecule has 0 spiro atoms. The monoisotopic (exact) mass is 206 g/mol. The summed E-state index contributed by atoms with van der Waals surface area (Å²) in [5, 5.41) is 0. The van der Waals surface area contributed by atoms with Crippen molar-refractivity contribution in [2.45, 2.75) is 32.5 Å². The van der Waals surface area contributed by atoms with Gasteiger partial charge in [0.1, 0.15) is 0 Å². The lowest BCUT2D eigenvalue weighted by molar-refractivity contribution is -0.149. The van der Waals surface area contributed by atoms with Crippen LogP contribution in [0.5, 0.6) is 0 Å². The Kier molecular flexibility index (Phi) is 3.08. The van der Waals surface area contributed by atoms with E-state index < -0.39 is 5.79 Å². The Balaban J connectivity index is 2.15. The van der Waals surface area contributed by atoms with Gasteiger partial charge in [0.05, 0.1) is 13.2 Å². The van der Waals surface area contributed by atoms with Gasteiger partial charge in [0.2, 0.25) is 0 Å². The van der Waals surface area contributed by atoms with E-state index in [0.717, 1.165) is 12.0 Å². The third kappa shape index (κ3) is 2.21. The van der Waals surface area contributed by atoms with Crippen molar-refractivity contribution in [2.24, 2.45) is 0 Å². The molecule has 1 aromatic carbocycles. The predicted molar refractivity (Wildman–Crippen MR) is 59.7 cm³/mol. The molecule has 0 radical (unpaired) electrons. The van der Waals surface area contributed by atoms with Crippen molar-refractivity contribution in [1.82, 2.24) is 0 Å². The molecule has 0 bridgehead atoms. The van der Waals surface area contributed by atoms with Crippen molar-refractivity contribution in [2.75, 3.05) is 13.2 Å². The Morgan fingerprint density at radius 2 is 1.73 bits per heavy atom. The molecule has 0 atom stereocenters. The quantitative estimate of drug-likeness (QED) is 0.757. The molecule has 0 unspecified atom stereocenters. The SMILES string of the molecule is CCCc1ccc(C2(C)OCCO2)cc1. The highest BCUT2D eigenvalue weighted by molar-refractivity contribution is 5.26.